The number of amides is 2. The van der Waals surface area contributed by atoms with Gasteiger partial charge in [0, 0.05) is 25.6 Å². The summed E-state index contributed by atoms with van der Waals surface area (Å²) >= 11 is 0. The lowest BCUT2D eigenvalue weighted by molar-refractivity contribution is -0.142. The zero-order valence-corrected chi connectivity index (χ0v) is 20.2. The Morgan fingerprint density at radius 1 is 1.15 bits per heavy atom. The van der Waals surface area contributed by atoms with Crippen molar-refractivity contribution >= 4 is 21.8 Å². The van der Waals surface area contributed by atoms with Gasteiger partial charge < -0.3 is 19.7 Å². The molecule has 2 amide bonds. The maximum atomic E-state index is 13.2. The third-order valence-corrected chi connectivity index (χ3v) is 7.42. The largest absolute Gasteiger partial charge is 0.467 e. The summed E-state index contributed by atoms with van der Waals surface area (Å²) in [6.45, 7) is 1.27. The number of hydrogen-bond donors (Lipinski definition) is 3. The summed E-state index contributed by atoms with van der Waals surface area (Å²) in [5.74, 6) is -0.555. The number of sulfonamides is 1. The van der Waals surface area contributed by atoms with Crippen molar-refractivity contribution in [3.63, 3.8) is 0 Å². The molecule has 0 radical (unpaired) electrons. The first kappa shape index (κ1) is 25.9. The van der Waals surface area contributed by atoms with Gasteiger partial charge in [-0.15, -0.1) is 0 Å². The van der Waals surface area contributed by atoms with Gasteiger partial charge in [0.1, 0.15) is 5.76 Å². The molecule has 9 nitrogen and oxygen atoms in total. The Labute approximate surface area is 200 Å². The van der Waals surface area contributed by atoms with Gasteiger partial charge in [-0.3, -0.25) is 9.59 Å². The number of benzene rings is 1. The fourth-order valence-corrected chi connectivity index (χ4v) is 5.17. The quantitative estimate of drug-likeness (QED) is 0.442. The van der Waals surface area contributed by atoms with Crippen molar-refractivity contribution in [2.75, 3.05) is 19.7 Å². The summed E-state index contributed by atoms with van der Waals surface area (Å²) in [6.07, 6.45) is 6.22. The average molecular weight is 492 g/mol. The highest BCUT2D eigenvalue weighted by Crippen LogP contribution is 2.25. The summed E-state index contributed by atoms with van der Waals surface area (Å²) in [5, 5.41) is 12.6. The smallest absolute Gasteiger partial charge is 0.250 e. The second-order valence-electron chi connectivity index (χ2n) is 8.53. The van der Waals surface area contributed by atoms with Crippen LogP contribution in [0.15, 0.2) is 52.0 Å². The fraction of sp³-hybridized carbons (Fsp3) is 0.500. The van der Waals surface area contributed by atoms with E-state index in [1.165, 1.54) is 23.3 Å². The van der Waals surface area contributed by atoms with Gasteiger partial charge in [-0.05, 0) is 44.0 Å². The number of rotatable bonds is 11. The Bertz CT molecular complexity index is 1030. The van der Waals surface area contributed by atoms with Gasteiger partial charge in [0.2, 0.25) is 15.9 Å². The van der Waals surface area contributed by atoms with Gasteiger partial charge in [0.25, 0.3) is 5.91 Å². The number of carbonyl (C=O) groups is 2. The number of aryl methyl sites for hydroxylation is 1. The summed E-state index contributed by atoms with van der Waals surface area (Å²) in [5.41, 5.74) is 0.934. The van der Waals surface area contributed by atoms with E-state index in [0.717, 1.165) is 37.7 Å². The standard InChI is InChI=1S/C24H33N3O6S/c1-18-9-11-20(12-10-18)34(31,32)25-14-13-22(29)27(15-16-28)23(21-8-5-17-33-21)24(30)26-19-6-3-2-4-7-19/h5,8-12,17,19,23,25,28H,2-4,6-7,13-16H2,1H3,(H,26,30). The maximum Gasteiger partial charge on any atom is 0.250 e. The zero-order chi connectivity index (χ0) is 24.6. The Hall–Kier alpha value is -2.69. The number of nitrogens with zero attached hydrogens (tertiary/aromatic N) is 1. The Balaban J connectivity index is 1.69. The first-order valence-corrected chi connectivity index (χ1v) is 13.1. The average Bonchev–Trinajstić information content (AvgIpc) is 3.34. The van der Waals surface area contributed by atoms with E-state index in [0.29, 0.717) is 0 Å². The molecule has 1 aliphatic rings. The third-order valence-electron chi connectivity index (χ3n) is 5.95. The van der Waals surface area contributed by atoms with Gasteiger partial charge in [-0.1, -0.05) is 37.0 Å². The first-order valence-electron chi connectivity index (χ1n) is 11.6. The minimum Gasteiger partial charge on any atom is -0.467 e. The molecule has 3 N–H and O–H groups in total. The number of aliphatic hydroxyl groups is 1. The van der Waals surface area contributed by atoms with Crippen molar-refractivity contribution in [3.8, 4) is 0 Å². The molecule has 186 valence electrons. The van der Waals surface area contributed by atoms with E-state index >= 15 is 0 Å². The summed E-state index contributed by atoms with van der Waals surface area (Å²) in [4.78, 5) is 27.7. The van der Waals surface area contributed by atoms with E-state index in [2.05, 4.69) is 10.0 Å². The topological polar surface area (TPSA) is 129 Å². The number of carbonyl (C=O) groups excluding carboxylic acids is 2. The van der Waals surface area contributed by atoms with Crippen molar-refractivity contribution in [2.24, 2.45) is 0 Å². The third kappa shape index (κ3) is 6.91. The lowest BCUT2D eigenvalue weighted by atomic mass is 9.95. The fourth-order valence-electron chi connectivity index (χ4n) is 4.14. The van der Waals surface area contributed by atoms with Crippen LogP contribution in [0, 0.1) is 6.92 Å². The van der Waals surface area contributed by atoms with E-state index in [1.54, 1.807) is 24.3 Å². The van der Waals surface area contributed by atoms with E-state index in [1.807, 2.05) is 6.92 Å². The molecule has 3 rings (SSSR count). The van der Waals surface area contributed by atoms with Crippen LogP contribution in [0.2, 0.25) is 0 Å². The molecule has 2 aromatic rings. The molecule has 0 aliphatic heterocycles. The van der Waals surface area contributed by atoms with Crippen LogP contribution < -0.4 is 10.0 Å². The van der Waals surface area contributed by atoms with Crippen LogP contribution in [-0.2, 0) is 19.6 Å². The van der Waals surface area contributed by atoms with Crippen molar-refractivity contribution in [1.82, 2.24) is 14.9 Å². The molecule has 1 heterocycles. The van der Waals surface area contributed by atoms with Gasteiger partial charge in [0.05, 0.1) is 17.8 Å². The molecular formula is C24H33N3O6S. The normalized spacial score (nSPS) is 15.6. The van der Waals surface area contributed by atoms with E-state index in [-0.39, 0.29) is 48.7 Å². The molecule has 0 bridgehead atoms. The highest BCUT2D eigenvalue weighted by Gasteiger charge is 2.34. The monoisotopic (exact) mass is 491 g/mol. The second-order valence-corrected chi connectivity index (χ2v) is 10.3. The van der Waals surface area contributed by atoms with Crippen molar-refractivity contribution in [1.29, 1.82) is 0 Å². The van der Waals surface area contributed by atoms with Gasteiger partial charge in [0.15, 0.2) is 6.04 Å². The number of aliphatic hydroxyl groups excluding tert-OH is 1. The Morgan fingerprint density at radius 2 is 1.85 bits per heavy atom. The van der Waals surface area contributed by atoms with Gasteiger partial charge in [-0.25, -0.2) is 13.1 Å². The number of nitrogens with one attached hydrogen (secondary N) is 2. The summed E-state index contributed by atoms with van der Waals surface area (Å²) in [6, 6.07) is 8.62. The SMILES string of the molecule is Cc1ccc(S(=O)(=O)NCCC(=O)N(CCO)C(C(=O)NC2CCCCC2)c2ccco2)cc1. The van der Waals surface area contributed by atoms with Crippen LogP contribution in [0.3, 0.4) is 0 Å². The van der Waals surface area contributed by atoms with Crippen LogP contribution in [0.25, 0.3) is 0 Å². The second kappa shape index (κ2) is 12.1. The summed E-state index contributed by atoms with van der Waals surface area (Å²) in [7, 11) is -3.78. The summed E-state index contributed by atoms with van der Waals surface area (Å²) < 4.78 is 32.9. The molecule has 1 fully saturated rings. The van der Waals surface area contributed by atoms with Crippen LogP contribution in [0.1, 0.15) is 55.9 Å². The molecule has 0 saturated heterocycles. The molecule has 10 heteroatoms. The Morgan fingerprint density at radius 3 is 2.47 bits per heavy atom. The molecule has 1 aliphatic carbocycles. The minimum absolute atomic E-state index is 0.0334. The van der Waals surface area contributed by atoms with Gasteiger partial charge >= 0.3 is 0 Å². The van der Waals surface area contributed by atoms with Gasteiger partial charge in [-0.2, -0.15) is 0 Å². The van der Waals surface area contributed by atoms with Crippen molar-refractivity contribution < 1.29 is 27.5 Å². The molecule has 1 saturated carbocycles. The number of furan rings is 1. The van der Waals surface area contributed by atoms with E-state index < -0.39 is 22.0 Å². The van der Waals surface area contributed by atoms with Crippen molar-refractivity contribution in [2.45, 2.75) is 62.4 Å². The predicted molar refractivity (Wildman–Crippen MR) is 126 cm³/mol. The maximum absolute atomic E-state index is 13.2. The molecule has 34 heavy (non-hydrogen) atoms. The Kier molecular flexibility index (Phi) is 9.26. The van der Waals surface area contributed by atoms with E-state index in [4.69, 9.17) is 4.42 Å². The molecule has 1 atom stereocenters. The molecule has 0 spiro atoms. The lowest BCUT2D eigenvalue weighted by Crippen LogP contribution is -2.48. The highest BCUT2D eigenvalue weighted by atomic mass is 32.2. The van der Waals surface area contributed by atoms with Crippen LogP contribution >= 0.6 is 0 Å². The minimum atomic E-state index is -3.78. The van der Waals surface area contributed by atoms with E-state index in [9.17, 15) is 23.1 Å². The van der Waals surface area contributed by atoms with Crippen LogP contribution in [0.5, 0.6) is 0 Å². The van der Waals surface area contributed by atoms with Crippen LogP contribution in [-0.4, -0.2) is 56.0 Å². The zero-order valence-electron chi connectivity index (χ0n) is 19.4. The molecular weight excluding hydrogens is 458 g/mol. The highest BCUT2D eigenvalue weighted by molar-refractivity contribution is 7.89. The predicted octanol–water partition coefficient (Wildman–Crippen LogP) is 2.27. The lowest BCUT2D eigenvalue weighted by Gasteiger charge is -2.31. The molecule has 1 aromatic carbocycles. The van der Waals surface area contributed by atoms with Crippen LogP contribution in [0.4, 0.5) is 0 Å². The molecule has 1 unspecified atom stereocenters. The number of hydrogen-bond acceptors (Lipinski definition) is 6. The molecule has 1 aromatic heterocycles. The first-order chi connectivity index (χ1) is 16.3. The van der Waals surface area contributed by atoms with Crippen molar-refractivity contribution in [3.05, 3.63) is 54.0 Å².